The molecule has 0 spiro atoms. The standard InChI is InChI=1S/C17H12FN3O/c18-14-6-4-5-13(11-14)17(22)20-15-9-10-21(19-12-15)16-7-2-1-3-8-16/h1-12H/b20-15+. The van der Waals surface area contributed by atoms with Gasteiger partial charge < -0.3 is 0 Å². The summed E-state index contributed by atoms with van der Waals surface area (Å²) in [6, 6.07) is 16.7. The summed E-state index contributed by atoms with van der Waals surface area (Å²) < 4.78 is 14.8. The highest BCUT2D eigenvalue weighted by atomic mass is 19.1. The van der Waals surface area contributed by atoms with Gasteiger partial charge in [0.1, 0.15) is 5.82 Å². The minimum Gasteiger partial charge on any atom is -0.267 e. The SMILES string of the molecule is O=C(/N=c1\ccn(-c2ccccc2)nc1)c1cccc(F)c1. The van der Waals surface area contributed by atoms with Crippen molar-refractivity contribution >= 4 is 5.91 Å². The molecule has 0 saturated heterocycles. The molecule has 0 fully saturated rings. The van der Waals surface area contributed by atoms with Crippen LogP contribution in [0.3, 0.4) is 0 Å². The van der Waals surface area contributed by atoms with Crippen molar-refractivity contribution in [1.29, 1.82) is 0 Å². The summed E-state index contributed by atoms with van der Waals surface area (Å²) in [5.74, 6) is -0.965. The molecule has 0 aliphatic rings. The molecule has 22 heavy (non-hydrogen) atoms. The highest BCUT2D eigenvalue weighted by molar-refractivity contribution is 5.94. The first-order chi connectivity index (χ1) is 10.7. The van der Waals surface area contributed by atoms with Gasteiger partial charge in [-0.1, -0.05) is 24.3 Å². The van der Waals surface area contributed by atoms with Crippen molar-refractivity contribution in [3.05, 3.63) is 89.8 Å². The van der Waals surface area contributed by atoms with E-state index in [0.29, 0.717) is 5.36 Å². The first-order valence-electron chi connectivity index (χ1n) is 6.67. The molecule has 0 bridgehead atoms. The Morgan fingerprint density at radius 2 is 1.86 bits per heavy atom. The van der Waals surface area contributed by atoms with Gasteiger partial charge in [0.05, 0.1) is 17.2 Å². The minimum absolute atomic E-state index is 0.208. The number of benzene rings is 2. The third-order valence-electron chi connectivity index (χ3n) is 3.02. The Labute approximate surface area is 126 Å². The summed E-state index contributed by atoms with van der Waals surface area (Å²) in [5, 5.41) is 4.63. The van der Waals surface area contributed by atoms with E-state index in [0.717, 1.165) is 11.8 Å². The lowest BCUT2D eigenvalue weighted by Crippen LogP contribution is -2.11. The van der Waals surface area contributed by atoms with E-state index in [-0.39, 0.29) is 5.56 Å². The van der Waals surface area contributed by atoms with Crippen LogP contribution in [-0.4, -0.2) is 15.7 Å². The maximum absolute atomic E-state index is 13.1. The molecular weight excluding hydrogens is 281 g/mol. The lowest BCUT2D eigenvalue weighted by Gasteiger charge is -2.03. The van der Waals surface area contributed by atoms with Gasteiger partial charge in [-0.25, -0.2) is 14.1 Å². The van der Waals surface area contributed by atoms with Gasteiger partial charge in [0.2, 0.25) is 0 Å². The normalized spacial score (nSPS) is 11.4. The largest absolute Gasteiger partial charge is 0.277 e. The van der Waals surface area contributed by atoms with Crippen LogP contribution < -0.4 is 5.36 Å². The first-order valence-corrected chi connectivity index (χ1v) is 6.67. The molecule has 1 aromatic heterocycles. The highest BCUT2D eigenvalue weighted by Gasteiger charge is 2.04. The van der Waals surface area contributed by atoms with Gasteiger partial charge >= 0.3 is 0 Å². The van der Waals surface area contributed by atoms with Crippen LogP contribution in [0.2, 0.25) is 0 Å². The van der Waals surface area contributed by atoms with Crippen LogP contribution in [0.1, 0.15) is 10.4 Å². The van der Waals surface area contributed by atoms with E-state index >= 15 is 0 Å². The summed E-state index contributed by atoms with van der Waals surface area (Å²) in [6.45, 7) is 0. The van der Waals surface area contributed by atoms with E-state index in [9.17, 15) is 9.18 Å². The quantitative estimate of drug-likeness (QED) is 0.729. The zero-order chi connectivity index (χ0) is 15.4. The molecule has 0 saturated carbocycles. The number of amides is 1. The van der Waals surface area contributed by atoms with Crippen LogP contribution in [-0.2, 0) is 0 Å². The average molecular weight is 293 g/mol. The van der Waals surface area contributed by atoms with E-state index in [4.69, 9.17) is 0 Å². The lowest BCUT2D eigenvalue weighted by molar-refractivity contribution is 0.0998. The molecule has 0 aliphatic carbocycles. The van der Waals surface area contributed by atoms with E-state index in [1.165, 1.54) is 24.4 Å². The predicted octanol–water partition coefficient (Wildman–Crippen LogP) is 2.75. The number of hydrogen-bond acceptors (Lipinski definition) is 2. The van der Waals surface area contributed by atoms with Crippen molar-refractivity contribution in [2.75, 3.05) is 0 Å². The first kappa shape index (κ1) is 13.9. The molecule has 5 heteroatoms. The second kappa shape index (κ2) is 6.13. The zero-order valence-corrected chi connectivity index (χ0v) is 11.6. The van der Waals surface area contributed by atoms with Crippen LogP contribution in [0.15, 0.2) is 78.0 Å². The fourth-order valence-corrected chi connectivity index (χ4v) is 1.95. The van der Waals surface area contributed by atoms with Crippen LogP contribution in [0.5, 0.6) is 0 Å². The summed E-state index contributed by atoms with van der Waals surface area (Å²) in [5.41, 5.74) is 1.12. The summed E-state index contributed by atoms with van der Waals surface area (Å²) in [6.07, 6.45) is 3.21. The fourth-order valence-electron chi connectivity index (χ4n) is 1.95. The number of carbonyl (C=O) groups excluding carboxylic acids is 1. The molecule has 3 aromatic rings. The zero-order valence-electron chi connectivity index (χ0n) is 11.6. The molecule has 0 aliphatic heterocycles. The summed E-state index contributed by atoms with van der Waals surface area (Å²) in [7, 11) is 0. The maximum Gasteiger partial charge on any atom is 0.277 e. The van der Waals surface area contributed by atoms with E-state index in [1.807, 2.05) is 30.3 Å². The van der Waals surface area contributed by atoms with Gasteiger partial charge in [0, 0.05) is 11.8 Å². The molecule has 2 aromatic carbocycles. The average Bonchev–Trinajstić information content (AvgIpc) is 2.56. The van der Waals surface area contributed by atoms with Gasteiger partial charge in [-0.15, -0.1) is 0 Å². The molecule has 0 N–H and O–H groups in total. The third-order valence-corrected chi connectivity index (χ3v) is 3.02. The molecule has 4 nitrogen and oxygen atoms in total. The van der Waals surface area contributed by atoms with Crippen molar-refractivity contribution < 1.29 is 9.18 Å². The van der Waals surface area contributed by atoms with Crippen molar-refractivity contribution in [2.45, 2.75) is 0 Å². The van der Waals surface area contributed by atoms with Gasteiger partial charge in [-0.3, -0.25) is 4.79 Å². The number of nitrogens with zero attached hydrogens (tertiary/aromatic N) is 3. The molecule has 3 rings (SSSR count). The van der Waals surface area contributed by atoms with Gasteiger partial charge in [0.25, 0.3) is 5.91 Å². The molecule has 0 atom stereocenters. The molecular formula is C17H12FN3O. The number of para-hydroxylation sites is 1. The minimum atomic E-state index is -0.501. The second-order valence-electron chi connectivity index (χ2n) is 4.59. The van der Waals surface area contributed by atoms with Crippen LogP contribution >= 0.6 is 0 Å². The maximum atomic E-state index is 13.1. The van der Waals surface area contributed by atoms with Crippen LogP contribution in [0.4, 0.5) is 4.39 Å². The van der Waals surface area contributed by atoms with Gasteiger partial charge in [-0.05, 0) is 36.4 Å². The number of carbonyl (C=O) groups is 1. The Hall–Kier alpha value is -3.08. The Morgan fingerprint density at radius 1 is 1.05 bits per heavy atom. The van der Waals surface area contributed by atoms with Gasteiger partial charge in [-0.2, -0.15) is 5.10 Å². The van der Waals surface area contributed by atoms with E-state index in [1.54, 1.807) is 16.9 Å². The van der Waals surface area contributed by atoms with Crippen molar-refractivity contribution in [3.8, 4) is 5.69 Å². The third kappa shape index (κ3) is 3.15. The van der Waals surface area contributed by atoms with Crippen molar-refractivity contribution in [1.82, 2.24) is 9.78 Å². The summed E-state index contributed by atoms with van der Waals surface area (Å²) in [4.78, 5) is 15.9. The molecule has 108 valence electrons. The molecule has 0 radical (unpaired) electrons. The molecule has 0 unspecified atom stereocenters. The molecule has 1 amide bonds. The predicted molar refractivity (Wildman–Crippen MR) is 79.9 cm³/mol. The second-order valence-corrected chi connectivity index (χ2v) is 4.59. The van der Waals surface area contributed by atoms with E-state index in [2.05, 4.69) is 10.1 Å². The van der Waals surface area contributed by atoms with Crippen molar-refractivity contribution in [3.63, 3.8) is 0 Å². The van der Waals surface area contributed by atoms with Gasteiger partial charge in [0.15, 0.2) is 0 Å². The lowest BCUT2D eigenvalue weighted by atomic mass is 10.2. The summed E-state index contributed by atoms with van der Waals surface area (Å²) >= 11 is 0. The number of hydrogen-bond donors (Lipinski definition) is 0. The van der Waals surface area contributed by atoms with Crippen LogP contribution in [0.25, 0.3) is 5.69 Å². The Balaban J connectivity index is 1.88. The number of halogens is 1. The van der Waals surface area contributed by atoms with Crippen molar-refractivity contribution in [2.24, 2.45) is 4.99 Å². The Morgan fingerprint density at radius 3 is 2.55 bits per heavy atom. The van der Waals surface area contributed by atoms with E-state index < -0.39 is 11.7 Å². The monoisotopic (exact) mass is 293 g/mol. The molecule has 1 heterocycles. The van der Waals surface area contributed by atoms with Crippen LogP contribution in [0, 0.1) is 5.82 Å². The highest BCUT2D eigenvalue weighted by Crippen LogP contribution is 2.05. The number of aromatic nitrogens is 2. The smallest absolute Gasteiger partial charge is 0.267 e. The Bertz CT molecular complexity index is 852. The fraction of sp³-hybridized carbons (Fsp3) is 0. The topological polar surface area (TPSA) is 47.2 Å². The Kier molecular flexibility index (Phi) is 3.87. The number of rotatable bonds is 2.